The Morgan fingerprint density at radius 2 is 2.00 bits per heavy atom. The van der Waals surface area contributed by atoms with Crippen LogP contribution in [0.2, 0.25) is 5.02 Å². The van der Waals surface area contributed by atoms with Gasteiger partial charge in [0.25, 0.3) is 11.5 Å². The number of likely N-dealkylation sites (N-methyl/N-ethyl adjacent to an activating group) is 1. The lowest BCUT2D eigenvalue weighted by Gasteiger charge is -2.31. The molecule has 1 aliphatic rings. The van der Waals surface area contributed by atoms with Crippen LogP contribution in [-0.2, 0) is 4.79 Å². The third kappa shape index (κ3) is 5.49. The number of benzene rings is 1. The molecule has 1 amide bonds. The van der Waals surface area contributed by atoms with Gasteiger partial charge in [0.05, 0.1) is 17.4 Å². The van der Waals surface area contributed by atoms with Gasteiger partial charge in [-0.1, -0.05) is 11.6 Å². The van der Waals surface area contributed by atoms with Crippen LogP contribution in [-0.4, -0.2) is 63.4 Å². The molecule has 4 rings (SSSR count). The van der Waals surface area contributed by atoms with Crippen LogP contribution in [0.3, 0.4) is 0 Å². The average Bonchev–Trinajstić information content (AvgIpc) is 2.86. The van der Waals surface area contributed by atoms with E-state index in [9.17, 15) is 9.59 Å². The van der Waals surface area contributed by atoms with E-state index in [4.69, 9.17) is 16.3 Å². The van der Waals surface area contributed by atoms with Crippen LogP contribution in [0, 0.1) is 5.82 Å². The van der Waals surface area contributed by atoms with E-state index in [0.29, 0.717) is 11.5 Å². The third-order valence-electron chi connectivity index (χ3n) is 5.77. The summed E-state index contributed by atoms with van der Waals surface area (Å²) in [5, 5.41) is 5.80. The first-order valence-electron chi connectivity index (χ1n) is 11.4. The molecule has 13 heteroatoms. The SMILES string of the molecule is CNC(=O)COc1cc2c(F)c(Nc3nc(N4CCN(I)CC4)ncc3Cl)ccc2n(C(C)C)c1=O. The number of aromatic nitrogens is 3. The summed E-state index contributed by atoms with van der Waals surface area (Å²) in [6.45, 7) is 6.54. The predicted molar refractivity (Wildman–Crippen MR) is 146 cm³/mol. The molecule has 1 saturated heterocycles. The van der Waals surface area contributed by atoms with Crippen molar-refractivity contribution < 1.29 is 13.9 Å². The van der Waals surface area contributed by atoms with Gasteiger partial charge in [-0.3, -0.25) is 9.59 Å². The number of fused-ring (bicyclic) bond motifs is 1. The van der Waals surface area contributed by atoms with E-state index in [2.05, 4.69) is 46.6 Å². The minimum absolute atomic E-state index is 0.118. The first-order chi connectivity index (χ1) is 17.2. The first-order valence-corrected chi connectivity index (χ1v) is 12.7. The van der Waals surface area contributed by atoms with Crippen molar-refractivity contribution in [3.05, 3.63) is 45.6 Å². The first kappa shape index (κ1) is 26.4. The number of rotatable bonds is 7. The molecule has 2 aromatic heterocycles. The van der Waals surface area contributed by atoms with Crippen molar-refractivity contribution in [2.24, 2.45) is 0 Å². The average molecular weight is 630 g/mol. The lowest BCUT2D eigenvalue weighted by Crippen LogP contribution is -2.42. The molecule has 36 heavy (non-hydrogen) atoms. The molecule has 0 aliphatic carbocycles. The number of pyridine rings is 1. The number of nitrogens with one attached hydrogen (secondary N) is 2. The van der Waals surface area contributed by atoms with E-state index in [1.807, 2.05) is 18.7 Å². The molecule has 10 nitrogen and oxygen atoms in total. The fourth-order valence-corrected chi connectivity index (χ4v) is 4.46. The largest absolute Gasteiger partial charge is 0.478 e. The minimum Gasteiger partial charge on any atom is -0.478 e. The van der Waals surface area contributed by atoms with Crippen molar-refractivity contribution in [1.82, 2.24) is 23.0 Å². The summed E-state index contributed by atoms with van der Waals surface area (Å²) < 4.78 is 24.8. The smallest absolute Gasteiger partial charge is 0.293 e. The molecule has 0 radical (unpaired) electrons. The maximum atomic E-state index is 15.8. The molecule has 0 atom stereocenters. The molecular formula is C23H26ClFIN7O3. The number of amides is 1. The van der Waals surface area contributed by atoms with E-state index in [-0.39, 0.29) is 40.3 Å². The molecule has 1 aromatic carbocycles. The minimum atomic E-state index is -0.610. The Hall–Kier alpha value is -2.71. The van der Waals surface area contributed by atoms with E-state index in [1.54, 1.807) is 6.07 Å². The second kappa shape index (κ2) is 11.1. The molecule has 1 fully saturated rings. The molecular weight excluding hydrogens is 604 g/mol. The predicted octanol–water partition coefficient (Wildman–Crippen LogP) is 3.51. The van der Waals surface area contributed by atoms with Crippen LogP contribution in [0.1, 0.15) is 19.9 Å². The van der Waals surface area contributed by atoms with Crippen LogP contribution in [0.15, 0.2) is 29.2 Å². The maximum absolute atomic E-state index is 15.8. The zero-order valence-electron chi connectivity index (χ0n) is 20.0. The number of ether oxygens (including phenoxy) is 1. The van der Waals surface area contributed by atoms with E-state index in [1.165, 1.54) is 29.9 Å². The third-order valence-corrected chi connectivity index (χ3v) is 7.01. The Balaban J connectivity index is 1.72. The Labute approximate surface area is 226 Å². The second-order valence-electron chi connectivity index (χ2n) is 8.49. The van der Waals surface area contributed by atoms with Gasteiger partial charge in [-0.2, -0.15) is 4.98 Å². The van der Waals surface area contributed by atoms with Crippen molar-refractivity contribution in [2.45, 2.75) is 19.9 Å². The fraction of sp³-hybridized carbons (Fsp3) is 0.391. The van der Waals surface area contributed by atoms with Crippen LogP contribution >= 0.6 is 34.5 Å². The lowest BCUT2D eigenvalue weighted by molar-refractivity contribution is -0.122. The number of hydrogen-bond donors (Lipinski definition) is 2. The van der Waals surface area contributed by atoms with Crippen molar-refractivity contribution in [3.8, 4) is 5.75 Å². The van der Waals surface area contributed by atoms with Gasteiger partial charge in [-0.25, -0.2) is 12.5 Å². The molecule has 3 aromatic rings. The fourth-order valence-electron chi connectivity index (χ4n) is 3.89. The summed E-state index contributed by atoms with van der Waals surface area (Å²) in [7, 11) is 1.46. The molecule has 0 unspecified atom stereocenters. The monoisotopic (exact) mass is 629 g/mol. The second-order valence-corrected chi connectivity index (χ2v) is 10.3. The molecule has 0 bridgehead atoms. The maximum Gasteiger partial charge on any atom is 0.293 e. The van der Waals surface area contributed by atoms with Gasteiger partial charge in [0.1, 0.15) is 5.02 Å². The molecule has 0 saturated carbocycles. The van der Waals surface area contributed by atoms with Gasteiger partial charge >= 0.3 is 0 Å². The summed E-state index contributed by atoms with van der Waals surface area (Å²) in [5.74, 6) is -0.360. The Kier molecular flexibility index (Phi) is 8.15. The topological polar surface area (TPSA) is 105 Å². The number of anilines is 3. The number of piperazine rings is 1. The Morgan fingerprint density at radius 1 is 1.28 bits per heavy atom. The van der Waals surface area contributed by atoms with E-state index in [0.717, 1.165) is 26.2 Å². The highest BCUT2D eigenvalue weighted by Gasteiger charge is 2.21. The summed E-state index contributed by atoms with van der Waals surface area (Å²) in [5.41, 5.74) is 0.0745. The molecule has 3 heterocycles. The lowest BCUT2D eigenvalue weighted by atomic mass is 10.1. The van der Waals surface area contributed by atoms with Gasteiger partial charge in [-0.05, 0) is 32.0 Å². The van der Waals surface area contributed by atoms with Gasteiger partial charge in [0.2, 0.25) is 5.95 Å². The highest BCUT2D eigenvalue weighted by Crippen LogP contribution is 2.32. The molecule has 1 aliphatic heterocycles. The zero-order chi connectivity index (χ0) is 26.0. The van der Waals surface area contributed by atoms with E-state index >= 15 is 4.39 Å². The van der Waals surface area contributed by atoms with Gasteiger partial charge in [-0.15, -0.1) is 0 Å². The summed E-state index contributed by atoms with van der Waals surface area (Å²) in [6.07, 6.45) is 1.49. The van der Waals surface area contributed by atoms with Crippen molar-refractivity contribution in [1.29, 1.82) is 0 Å². The van der Waals surface area contributed by atoms with Crippen molar-refractivity contribution in [2.75, 3.05) is 50.1 Å². The number of halogens is 3. The standard InChI is InChI=1S/C23H26ClFIN7O3/c1-13(2)33-17-5-4-16(20(25)14(17)10-18(22(33)35)36-12-19(34)27-3)29-21-15(24)11-28-23(30-21)31-6-8-32(26)9-7-31/h4-5,10-11,13H,6-9,12H2,1-3H3,(H,27,34)(H,28,29,30). The van der Waals surface area contributed by atoms with Crippen LogP contribution in [0.25, 0.3) is 10.9 Å². The van der Waals surface area contributed by atoms with E-state index < -0.39 is 17.3 Å². The normalized spacial score (nSPS) is 14.4. The zero-order valence-corrected chi connectivity index (χ0v) is 22.9. The molecule has 192 valence electrons. The van der Waals surface area contributed by atoms with Crippen molar-refractivity contribution in [3.63, 3.8) is 0 Å². The quantitative estimate of drug-likeness (QED) is 0.303. The number of carbonyl (C=O) groups excluding carboxylic acids is 1. The number of nitrogens with zero attached hydrogens (tertiary/aromatic N) is 5. The van der Waals surface area contributed by atoms with Crippen LogP contribution < -0.4 is 25.8 Å². The van der Waals surface area contributed by atoms with Crippen LogP contribution in [0.4, 0.5) is 21.8 Å². The summed E-state index contributed by atoms with van der Waals surface area (Å²) >= 11 is 8.62. The Bertz CT molecular complexity index is 1350. The molecule has 0 spiro atoms. The van der Waals surface area contributed by atoms with Gasteiger partial charge < -0.3 is 24.8 Å². The Morgan fingerprint density at radius 3 is 2.67 bits per heavy atom. The summed E-state index contributed by atoms with van der Waals surface area (Å²) in [4.78, 5) is 35.5. The highest BCUT2D eigenvalue weighted by molar-refractivity contribution is 14.1. The molecule has 2 N–H and O–H groups in total. The summed E-state index contributed by atoms with van der Waals surface area (Å²) in [6, 6.07) is 4.23. The van der Waals surface area contributed by atoms with Gasteiger partial charge in [0, 0.05) is 67.5 Å². The highest BCUT2D eigenvalue weighted by atomic mass is 127. The van der Waals surface area contributed by atoms with Crippen LogP contribution in [0.5, 0.6) is 5.75 Å². The number of carbonyl (C=O) groups is 1. The van der Waals surface area contributed by atoms with Gasteiger partial charge in [0.15, 0.2) is 24.0 Å². The number of hydrogen-bond acceptors (Lipinski definition) is 8. The van der Waals surface area contributed by atoms with Crippen molar-refractivity contribution >= 4 is 68.7 Å².